The van der Waals surface area contributed by atoms with Crippen LogP contribution >= 0.6 is 11.6 Å². The zero-order valence-corrected chi connectivity index (χ0v) is 21.1. The molecule has 0 unspecified atom stereocenters. The van der Waals surface area contributed by atoms with Crippen LogP contribution in [-0.4, -0.2) is 34.6 Å². The van der Waals surface area contributed by atoms with Crippen molar-refractivity contribution in [1.29, 1.82) is 0 Å². The molecule has 0 atom stereocenters. The number of hydrogen-bond acceptors (Lipinski definition) is 3. The van der Waals surface area contributed by atoms with Crippen LogP contribution in [0.5, 0.6) is 5.75 Å². The third-order valence-corrected chi connectivity index (χ3v) is 6.23. The Balaban J connectivity index is 1.79. The molecule has 0 radical (unpaired) electrons. The van der Waals surface area contributed by atoms with E-state index in [0.717, 1.165) is 5.56 Å². The van der Waals surface area contributed by atoms with Crippen LogP contribution in [0, 0.1) is 23.3 Å². The van der Waals surface area contributed by atoms with Crippen LogP contribution in [0.25, 0.3) is 10.9 Å². The second-order valence-corrected chi connectivity index (χ2v) is 8.72. The summed E-state index contributed by atoms with van der Waals surface area (Å²) in [4.78, 5) is 26.9. The van der Waals surface area contributed by atoms with Crippen molar-refractivity contribution < 1.29 is 31.9 Å². The lowest BCUT2D eigenvalue weighted by Gasteiger charge is -2.20. The van der Waals surface area contributed by atoms with Gasteiger partial charge < -0.3 is 19.5 Å². The van der Waals surface area contributed by atoms with Crippen molar-refractivity contribution >= 4 is 40.2 Å². The molecule has 0 bridgehead atoms. The largest absolute Gasteiger partial charge is 0.415 e. The number of nitrogens with zero attached hydrogens (tertiary/aromatic N) is 2. The van der Waals surface area contributed by atoms with Crippen molar-refractivity contribution in [3.8, 4) is 5.75 Å². The van der Waals surface area contributed by atoms with Crippen LogP contribution in [-0.2, 0) is 6.54 Å². The highest BCUT2D eigenvalue weighted by molar-refractivity contribution is 6.30. The molecule has 1 N–H and O–H groups in total. The molecule has 1 heterocycles. The Labute approximate surface area is 220 Å². The Hall–Kier alpha value is -4.05. The minimum atomic E-state index is -1.85. The fraction of sp³-hybridized carbons (Fsp3) is 0.185. The number of fused-ring (bicyclic) bond motifs is 1. The summed E-state index contributed by atoms with van der Waals surface area (Å²) in [7, 11) is 0. The predicted molar refractivity (Wildman–Crippen MR) is 136 cm³/mol. The van der Waals surface area contributed by atoms with Gasteiger partial charge in [-0.05, 0) is 49.7 Å². The summed E-state index contributed by atoms with van der Waals surface area (Å²) in [5, 5.41) is 3.22. The molecule has 4 aromatic rings. The van der Waals surface area contributed by atoms with Gasteiger partial charge in [0.2, 0.25) is 0 Å². The maximum Gasteiger partial charge on any atom is 0.415 e. The standard InChI is InChI=1S/C27H22ClF4N3O3/c1-3-34(4-2)27(37)38-21-10-9-20-17(11-12-35(20)14-15-5-7-16(28)8-6-15)25(21)33-26(36)22-23(31)18(29)13-19(30)24(22)32/h5-13H,3-4,14H2,1-2H3,(H,33,36). The normalized spacial score (nSPS) is 11.0. The Bertz CT molecular complexity index is 1490. The number of anilines is 1. The maximum absolute atomic E-state index is 14.3. The van der Waals surface area contributed by atoms with Crippen molar-refractivity contribution in [2.75, 3.05) is 18.4 Å². The summed E-state index contributed by atoms with van der Waals surface area (Å²) in [5.41, 5.74) is -0.0643. The SMILES string of the molecule is CCN(CC)C(=O)Oc1ccc2c(ccn2Cc2ccc(Cl)cc2)c1NC(=O)c1c(F)c(F)cc(F)c1F. The van der Waals surface area contributed by atoms with Gasteiger partial charge >= 0.3 is 6.09 Å². The number of rotatable bonds is 7. The number of carbonyl (C=O) groups excluding carboxylic acids is 2. The van der Waals surface area contributed by atoms with Crippen molar-refractivity contribution in [1.82, 2.24) is 9.47 Å². The van der Waals surface area contributed by atoms with Gasteiger partial charge in [0, 0.05) is 42.3 Å². The van der Waals surface area contributed by atoms with Crippen molar-refractivity contribution in [3.63, 3.8) is 0 Å². The number of aromatic nitrogens is 1. The van der Waals surface area contributed by atoms with Crippen LogP contribution in [0.1, 0.15) is 29.8 Å². The van der Waals surface area contributed by atoms with E-state index in [1.54, 1.807) is 44.3 Å². The van der Waals surface area contributed by atoms with Crippen molar-refractivity contribution in [2.24, 2.45) is 0 Å². The van der Waals surface area contributed by atoms with Crippen LogP contribution in [0.15, 0.2) is 54.7 Å². The van der Waals surface area contributed by atoms with E-state index < -0.39 is 40.8 Å². The predicted octanol–water partition coefficient (Wildman–Crippen LogP) is 6.99. The van der Waals surface area contributed by atoms with E-state index in [1.165, 1.54) is 11.0 Å². The molecule has 0 aliphatic rings. The van der Waals surface area contributed by atoms with Gasteiger partial charge in [-0.15, -0.1) is 0 Å². The number of carbonyl (C=O) groups is 2. The van der Waals surface area contributed by atoms with Gasteiger partial charge in [0.25, 0.3) is 5.91 Å². The molecule has 2 amide bonds. The van der Waals surface area contributed by atoms with Crippen molar-refractivity contribution in [3.05, 3.63) is 94.1 Å². The molecular formula is C27H22ClF4N3O3. The molecule has 11 heteroatoms. The van der Waals surface area contributed by atoms with Crippen LogP contribution in [0.3, 0.4) is 0 Å². The van der Waals surface area contributed by atoms with E-state index in [1.807, 2.05) is 16.7 Å². The molecule has 0 spiro atoms. The quantitative estimate of drug-likeness (QED) is 0.200. The first-order valence-corrected chi connectivity index (χ1v) is 12.0. The van der Waals surface area contributed by atoms with Gasteiger partial charge in [0.05, 0.1) is 11.2 Å². The first-order valence-electron chi connectivity index (χ1n) is 11.6. The average Bonchev–Trinajstić information content (AvgIpc) is 3.29. The summed E-state index contributed by atoms with van der Waals surface area (Å²) in [6.07, 6.45) is 0.980. The van der Waals surface area contributed by atoms with Gasteiger partial charge in [0.15, 0.2) is 29.0 Å². The van der Waals surface area contributed by atoms with Gasteiger partial charge in [-0.1, -0.05) is 23.7 Å². The fourth-order valence-electron chi connectivity index (χ4n) is 3.98. The van der Waals surface area contributed by atoms with E-state index in [4.69, 9.17) is 16.3 Å². The van der Waals surface area contributed by atoms with Crippen LogP contribution < -0.4 is 10.1 Å². The van der Waals surface area contributed by atoms with E-state index >= 15 is 0 Å². The lowest BCUT2D eigenvalue weighted by atomic mass is 10.1. The topological polar surface area (TPSA) is 63.6 Å². The number of amides is 2. The lowest BCUT2D eigenvalue weighted by Crippen LogP contribution is -2.33. The molecule has 0 saturated heterocycles. The second kappa shape index (κ2) is 11.1. The molecule has 0 saturated carbocycles. The highest BCUT2D eigenvalue weighted by atomic mass is 35.5. The maximum atomic E-state index is 14.3. The van der Waals surface area contributed by atoms with E-state index in [0.29, 0.717) is 35.6 Å². The molecule has 0 fully saturated rings. The first-order chi connectivity index (χ1) is 18.1. The Morgan fingerprint density at radius 3 is 2.18 bits per heavy atom. The van der Waals surface area contributed by atoms with Crippen molar-refractivity contribution in [2.45, 2.75) is 20.4 Å². The monoisotopic (exact) mass is 547 g/mol. The van der Waals surface area contributed by atoms with Gasteiger partial charge in [-0.25, -0.2) is 22.4 Å². The highest BCUT2D eigenvalue weighted by Crippen LogP contribution is 2.36. The van der Waals surface area contributed by atoms with Gasteiger partial charge in [0.1, 0.15) is 5.56 Å². The van der Waals surface area contributed by atoms with Crippen LogP contribution in [0.2, 0.25) is 5.02 Å². The molecule has 0 aliphatic heterocycles. The minimum Gasteiger partial charge on any atom is -0.408 e. The molecule has 1 aromatic heterocycles. The van der Waals surface area contributed by atoms with E-state index in [9.17, 15) is 27.2 Å². The Morgan fingerprint density at radius 2 is 1.58 bits per heavy atom. The highest BCUT2D eigenvalue weighted by Gasteiger charge is 2.27. The molecule has 38 heavy (non-hydrogen) atoms. The first kappa shape index (κ1) is 27.0. The fourth-order valence-corrected chi connectivity index (χ4v) is 4.11. The smallest absolute Gasteiger partial charge is 0.408 e. The number of nitrogens with one attached hydrogen (secondary N) is 1. The van der Waals surface area contributed by atoms with E-state index in [-0.39, 0.29) is 17.5 Å². The summed E-state index contributed by atoms with van der Waals surface area (Å²) < 4.78 is 63.6. The molecular weight excluding hydrogens is 526 g/mol. The van der Waals surface area contributed by atoms with Gasteiger partial charge in [-0.2, -0.15) is 0 Å². The summed E-state index contributed by atoms with van der Waals surface area (Å²) in [6.45, 7) is 4.59. The third kappa shape index (κ3) is 5.31. The molecule has 3 aromatic carbocycles. The zero-order chi connectivity index (χ0) is 27.6. The average molecular weight is 548 g/mol. The number of hydrogen-bond donors (Lipinski definition) is 1. The second-order valence-electron chi connectivity index (χ2n) is 8.28. The minimum absolute atomic E-state index is 0.0102. The molecule has 0 aliphatic carbocycles. The lowest BCUT2D eigenvalue weighted by molar-refractivity contribution is 0.101. The molecule has 6 nitrogen and oxygen atoms in total. The Kier molecular flexibility index (Phi) is 7.91. The zero-order valence-electron chi connectivity index (χ0n) is 20.3. The molecule has 4 rings (SSSR count). The Morgan fingerprint density at radius 1 is 0.947 bits per heavy atom. The van der Waals surface area contributed by atoms with Crippen LogP contribution in [0.4, 0.5) is 28.0 Å². The number of ether oxygens (including phenoxy) is 1. The number of benzene rings is 3. The molecule has 198 valence electrons. The summed E-state index contributed by atoms with van der Waals surface area (Å²) >= 11 is 5.96. The number of halogens is 5. The summed E-state index contributed by atoms with van der Waals surface area (Å²) in [6, 6.07) is 11.8. The van der Waals surface area contributed by atoms with Gasteiger partial charge in [-0.3, -0.25) is 4.79 Å². The summed E-state index contributed by atoms with van der Waals surface area (Å²) in [5.74, 6) is -8.74. The van der Waals surface area contributed by atoms with E-state index in [2.05, 4.69) is 5.32 Å². The third-order valence-electron chi connectivity index (χ3n) is 5.98.